The molecule has 0 saturated carbocycles. The Bertz CT molecular complexity index is 1020. The molecule has 0 atom stereocenters. The zero-order valence-corrected chi connectivity index (χ0v) is 15.0. The molecule has 2 heteroatoms. The highest BCUT2D eigenvalue weighted by Gasteiger charge is 2.13. The summed E-state index contributed by atoms with van der Waals surface area (Å²) in [5.41, 5.74) is 5.50. The Morgan fingerprint density at radius 1 is 0.852 bits per heavy atom. The third-order valence-electron chi connectivity index (χ3n) is 4.23. The van der Waals surface area contributed by atoms with Crippen LogP contribution in [-0.2, 0) is 0 Å². The predicted octanol–water partition coefficient (Wildman–Crippen LogP) is 6.62. The van der Waals surface area contributed by atoms with E-state index in [1.54, 1.807) is 6.08 Å². The topological polar surface area (TPSA) is 27.0 Å². The van der Waals surface area contributed by atoms with Gasteiger partial charge in [-0.1, -0.05) is 67.8 Å². The van der Waals surface area contributed by atoms with Crippen LogP contribution in [0.15, 0.2) is 116 Å². The van der Waals surface area contributed by atoms with Crippen molar-refractivity contribution in [1.82, 2.24) is 0 Å². The molecular weight excluding hydrogens is 328 g/mol. The fourth-order valence-corrected chi connectivity index (χ4v) is 3.02. The summed E-state index contributed by atoms with van der Waals surface area (Å²) in [6, 6.07) is 28.2. The highest BCUT2D eigenvalue weighted by atomic mass is 15.1. The van der Waals surface area contributed by atoms with Crippen molar-refractivity contribution in [3.63, 3.8) is 0 Å². The van der Waals surface area contributed by atoms with Gasteiger partial charge in [-0.05, 0) is 53.6 Å². The molecule has 0 aliphatic heterocycles. The average molecular weight is 348 g/mol. The monoisotopic (exact) mass is 348 g/mol. The Morgan fingerprint density at radius 2 is 1.56 bits per heavy atom. The lowest BCUT2D eigenvalue weighted by Crippen LogP contribution is -2.14. The average Bonchev–Trinajstić information content (AvgIpc) is 2.74. The lowest BCUT2D eigenvalue weighted by atomic mass is 9.99. The van der Waals surface area contributed by atoms with E-state index in [4.69, 9.17) is 0 Å². The normalized spacial score (nSPS) is 10.7. The van der Waals surface area contributed by atoms with Gasteiger partial charge in [0.1, 0.15) is 0 Å². The van der Waals surface area contributed by atoms with Crippen LogP contribution >= 0.6 is 0 Å². The summed E-state index contributed by atoms with van der Waals surface area (Å²) in [5, 5.41) is 9.44. The van der Waals surface area contributed by atoms with Crippen LogP contribution in [0.25, 0.3) is 11.1 Å². The first kappa shape index (κ1) is 18.0. The molecule has 0 saturated heterocycles. The van der Waals surface area contributed by atoms with Crippen molar-refractivity contribution in [3.8, 4) is 17.2 Å². The van der Waals surface area contributed by atoms with Crippen molar-refractivity contribution >= 4 is 11.4 Å². The lowest BCUT2D eigenvalue weighted by molar-refractivity contribution is 1.21. The van der Waals surface area contributed by atoms with Crippen LogP contribution in [0.2, 0.25) is 0 Å². The minimum Gasteiger partial charge on any atom is -0.311 e. The molecule has 0 aliphatic rings. The fraction of sp³-hybridized carbons (Fsp3) is 0. The number of hydrogen-bond acceptors (Lipinski definition) is 2. The zero-order chi connectivity index (χ0) is 19.1. The van der Waals surface area contributed by atoms with Crippen molar-refractivity contribution in [2.24, 2.45) is 0 Å². The maximum atomic E-state index is 9.44. The molecule has 0 aromatic heterocycles. The number of para-hydroxylation sites is 1. The van der Waals surface area contributed by atoms with Crippen molar-refractivity contribution in [3.05, 3.63) is 122 Å². The fourth-order valence-electron chi connectivity index (χ4n) is 3.02. The molecule has 3 aromatic carbocycles. The van der Waals surface area contributed by atoms with Crippen molar-refractivity contribution in [2.45, 2.75) is 0 Å². The Balaban J connectivity index is 2.17. The number of allylic oxidation sites excluding steroid dienone is 3. The van der Waals surface area contributed by atoms with Gasteiger partial charge in [-0.15, -0.1) is 0 Å². The molecular formula is C25H20N2. The van der Waals surface area contributed by atoms with Gasteiger partial charge in [0.2, 0.25) is 0 Å². The Hall–Kier alpha value is -3.83. The maximum Gasteiger partial charge on any atom is 0.0998 e. The summed E-state index contributed by atoms with van der Waals surface area (Å²) in [6.07, 6.45) is 5.49. The number of rotatable bonds is 6. The van der Waals surface area contributed by atoms with Gasteiger partial charge in [-0.2, -0.15) is 5.26 Å². The smallest absolute Gasteiger partial charge is 0.0998 e. The Labute approximate surface area is 160 Å². The van der Waals surface area contributed by atoms with E-state index in [1.165, 1.54) is 0 Å². The first-order valence-corrected chi connectivity index (χ1v) is 8.68. The van der Waals surface area contributed by atoms with Gasteiger partial charge in [0, 0.05) is 17.1 Å². The van der Waals surface area contributed by atoms with Crippen molar-refractivity contribution in [2.75, 3.05) is 4.90 Å². The molecule has 0 radical (unpaired) electrons. The quantitative estimate of drug-likeness (QED) is 0.468. The zero-order valence-electron chi connectivity index (χ0n) is 15.0. The third kappa shape index (κ3) is 3.89. The first-order valence-electron chi connectivity index (χ1n) is 8.68. The van der Waals surface area contributed by atoms with Crippen LogP contribution in [0.5, 0.6) is 0 Å². The van der Waals surface area contributed by atoms with Crippen molar-refractivity contribution in [1.29, 1.82) is 5.26 Å². The summed E-state index contributed by atoms with van der Waals surface area (Å²) in [5.74, 6) is 0. The van der Waals surface area contributed by atoms with E-state index in [9.17, 15) is 5.26 Å². The van der Waals surface area contributed by atoms with Gasteiger partial charge in [0.15, 0.2) is 0 Å². The first-order chi connectivity index (χ1) is 13.3. The maximum absolute atomic E-state index is 9.44. The van der Waals surface area contributed by atoms with E-state index in [1.807, 2.05) is 72.8 Å². The molecule has 0 fully saturated rings. The van der Waals surface area contributed by atoms with Crippen LogP contribution in [0.4, 0.5) is 11.4 Å². The number of benzene rings is 3. The summed E-state index contributed by atoms with van der Waals surface area (Å²) in [6.45, 7) is 7.78. The molecule has 3 aromatic rings. The Morgan fingerprint density at radius 3 is 2.26 bits per heavy atom. The molecule has 0 bridgehead atoms. The largest absolute Gasteiger partial charge is 0.311 e. The SMILES string of the molecule is C=C/C=C(\C=C)N(c1ccccc1)c1cccc(-c2ccccc2C#N)c1. The predicted molar refractivity (Wildman–Crippen MR) is 114 cm³/mol. The van der Waals surface area contributed by atoms with Crippen LogP contribution in [-0.4, -0.2) is 0 Å². The van der Waals surface area contributed by atoms with Gasteiger partial charge in [-0.3, -0.25) is 0 Å². The second-order valence-electron chi connectivity index (χ2n) is 5.91. The molecule has 3 rings (SSSR count). The molecule has 0 unspecified atom stereocenters. The van der Waals surface area contributed by atoms with E-state index in [-0.39, 0.29) is 0 Å². The number of anilines is 2. The second kappa shape index (κ2) is 8.51. The van der Waals surface area contributed by atoms with Gasteiger partial charge >= 0.3 is 0 Å². The summed E-state index contributed by atoms with van der Waals surface area (Å²) in [4.78, 5) is 2.12. The third-order valence-corrected chi connectivity index (χ3v) is 4.23. The summed E-state index contributed by atoms with van der Waals surface area (Å²) in [7, 11) is 0. The van der Waals surface area contributed by atoms with Crippen LogP contribution in [0.1, 0.15) is 5.56 Å². The van der Waals surface area contributed by atoms with Gasteiger partial charge in [0.25, 0.3) is 0 Å². The van der Waals surface area contributed by atoms with E-state index < -0.39 is 0 Å². The highest BCUT2D eigenvalue weighted by Crippen LogP contribution is 2.34. The second-order valence-corrected chi connectivity index (χ2v) is 5.91. The molecule has 0 heterocycles. The van der Waals surface area contributed by atoms with Crippen LogP contribution in [0.3, 0.4) is 0 Å². The lowest BCUT2D eigenvalue weighted by Gasteiger charge is -2.26. The van der Waals surface area contributed by atoms with Crippen LogP contribution < -0.4 is 4.90 Å². The number of nitriles is 1. The molecule has 130 valence electrons. The van der Waals surface area contributed by atoms with Gasteiger partial charge in [0.05, 0.1) is 11.6 Å². The van der Waals surface area contributed by atoms with Crippen LogP contribution in [0, 0.1) is 11.3 Å². The van der Waals surface area contributed by atoms with E-state index in [0.29, 0.717) is 5.56 Å². The summed E-state index contributed by atoms with van der Waals surface area (Å²) >= 11 is 0. The highest BCUT2D eigenvalue weighted by molar-refractivity contribution is 5.78. The van der Waals surface area contributed by atoms with Crippen molar-refractivity contribution < 1.29 is 0 Å². The van der Waals surface area contributed by atoms with Gasteiger partial charge < -0.3 is 4.90 Å². The molecule has 0 N–H and O–H groups in total. The summed E-state index contributed by atoms with van der Waals surface area (Å²) < 4.78 is 0. The van der Waals surface area contributed by atoms with E-state index >= 15 is 0 Å². The van der Waals surface area contributed by atoms with E-state index in [2.05, 4.69) is 42.3 Å². The molecule has 0 aliphatic carbocycles. The number of nitrogens with zero attached hydrogens (tertiary/aromatic N) is 2. The molecule has 27 heavy (non-hydrogen) atoms. The molecule has 0 spiro atoms. The minimum absolute atomic E-state index is 0.659. The number of hydrogen-bond donors (Lipinski definition) is 0. The van der Waals surface area contributed by atoms with Gasteiger partial charge in [-0.25, -0.2) is 0 Å². The van der Waals surface area contributed by atoms with E-state index in [0.717, 1.165) is 28.2 Å². The molecule has 0 amide bonds. The molecule has 2 nitrogen and oxygen atoms in total. The minimum atomic E-state index is 0.659. The standard InChI is InChI=1S/C25H20N2/c1-3-11-22(4-2)27(23-14-6-5-7-15-23)24-16-10-13-20(18-24)25-17-9-8-12-21(25)19-26/h3-18H,1-2H2/b22-11+. The Kier molecular flexibility index (Phi) is 5.67.